The van der Waals surface area contributed by atoms with Crippen LogP contribution in [0.1, 0.15) is 0 Å². The van der Waals surface area contributed by atoms with Gasteiger partial charge in [0.05, 0.1) is 11.2 Å². The molecule has 0 aliphatic rings. The molecule has 0 amide bonds. The number of rotatable bonds is 3. The fourth-order valence-electron chi connectivity index (χ4n) is 3.81. The number of benzene rings is 4. The molecule has 5 aromatic rings. The Morgan fingerprint density at radius 1 is 0.414 bits per heavy atom. The van der Waals surface area contributed by atoms with Crippen LogP contribution in [-0.2, 0) is 20.4 Å². The predicted molar refractivity (Wildman–Crippen MR) is 118 cm³/mol. The molecule has 1 aromatic heterocycles. The van der Waals surface area contributed by atoms with Crippen LogP contribution in [0.15, 0.2) is 115 Å². The van der Waals surface area contributed by atoms with E-state index in [-0.39, 0.29) is 20.4 Å². The summed E-state index contributed by atoms with van der Waals surface area (Å²) in [5.74, 6) is 0. The molecule has 4 aromatic carbocycles. The van der Waals surface area contributed by atoms with E-state index in [1.54, 1.807) is 0 Å². The molecule has 0 aliphatic heterocycles. The second-order valence-corrected chi connectivity index (χ2v) is 6.83. The molecule has 29 heavy (non-hydrogen) atoms. The zero-order valence-electron chi connectivity index (χ0n) is 15.7. The Bertz CT molecular complexity index is 1230. The van der Waals surface area contributed by atoms with Crippen LogP contribution in [0.25, 0.3) is 44.4 Å². The molecule has 0 aliphatic carbocycles. The molecule has 142 valence electrons. The second kappa shape index (κ2) is 8.54. The standard InChI is InChI=1S/C27H19N.Pd/c1-4-12-20(13-5-1)25-23-18-10-11-19-24(23)28-27(22-16-8-3-9-17-22)26(25)21-14-6-2-7-15-21;/h1-19H;. The molecule has 0 saturated carbocycles. The number of aromatic nitrogens is 1. The molecule has 0 bridgehead atoms. The minimum Gasteiger partial charge on any atom is -0.247 e. The number of nitrogens with zero attached hydrogens (tertiary/aromatic N) is 1. The van der Waals surface area contributed by atoms with Gasteiger partial charge in [-0.25, -0.2) is 4.98 Å². The van der Waals surface area contributed by atoms with E-state index in [4.69, 9.17) is 4.98 Å². The van der Waals surface area contributed by atoms with E-state index >= 15 is 0 Å². The Morgan fingerprint density at radius 3 is 1.45 bits per heavy atom. The molecule has 0 saturated heterocycles. The van der Waals surface area contributed by atoms with Crippen molar-refractivity contribution < 1.29 is 20.4 Å². The van der Waals surface area contributed by atoms with Crippen molar-refractivity contribution in [3.63, 3.8) is 0 Å². The largest absolute Gasteiger partial charge is 0.247 e. The van der Waals surface area contributed by atoms with Gasteiger partial charge in [0.15, 0.2) is 0 Å². The fraction of sp³-hybridized carbons (Fsp3) is 0. The molecule has 0 spiro atoms. The van der Waals surface area contributed by atoms with E-state index in [9.17, 15) is 0 Å². The number of pyridine rings is 1. The van der Waals surface area contributed by atoms with Gasteiger partial charge >= 0.3 is 0 Å². The first kappa shape index (κ1) is 19.3. The van der Waals surface area contributed by atoms with Crippen LogP contribution in [0.3, 0.4) is 0 Å². The molecule has 1 nitrogen and oxygen atoms in total. The summed E-state index contributed by atoms with van der Waals surface area (Å²) in [5.41, 5.74) is 7.96. The Balaban J connectivity index is 0.00000205. The molecular formula is C27H19NPd. The Kier molecular flexibility index (Phi) is 5.67. The summed E-state index contributed by atoms with van der Waals surface area (Å²) >= 11 is 0. The van der Waals surface area contributed by atoms with Crippen molar-refractivity contribution in [3.8, 4) is 33.5 Å². The van der Waals surface area contributed by atoms with Crippen LogP contribution in [0.2, 0.25) is 0 Å². The minimum absolute atomic E-state index is 0. The van der Waals surface area contributed by atoms with Crippen molar-refractivity contribution in [2.24, 2.45) is 0 Å². The monoisotopic (exact) mass is 463 g/mol. The maximum atomic E-state index is 5.11. The molecule has 0 N–H and O–H groups in total. The van der Waals surface area contributed by atoms with Crippen LogP contribution in [-0.4, -0.2) is 4.98 Å². The third-order valence-corrected chi connectivity index (χ3v) is 5.06. The number of para-hydroxylation sites is 1. The molecule has 0 fully saturated rings. The summed E-state index contributed by atoms with van der Waals surface area (Å²) in [5, 5.41) is 1.17. The van der Waals surface area contributed by atoms with Gasteiger partial charge in [-0.05, 0) is 17.2 Å². The Labute approximate surface area is 184 Å². The first-order valence-electron chi connectivity index (χ1n) is 9.51. The zero-order valence-corrected chi connectivity index (χ0v) is 17.3. The van der Waals surface area contributed by atoms with Gasteiger partial charge in [-0.15, -0.1) is 0 Å². The van der Waals surface area contributed by atoms with Crippen molar-refractivity contribution in [3.05, 3.63) is 115 Å². The maximum Gasteiger partial charge on any atom is 0.0794 e. The molecule has 0 unspecified atom stereocenters. The van der Waals surface area contributed by atoms with Crippen LogP contribution < -0.4 is 0 Å². The SMILES string of the molecule is [Pd].c1ccc(-c2nc3ccccc3c(-c3ccccc3)c2-c2ccccc2)cc1. The zero-order chi connectivity index (χ0) is 18.8. The number of hydrogen-bond acceptors (Lipinski definition) is 1. The summed E-state index contributed by atoms with van der Waals surface area (Å²) in [6, 6.07) is 40.1. The Hall–Kier alpha value is -3.05. The van der Waals surface area contributed by atoms with Gasteiger partial charge in [-0.1, -0.05) is 109 Å². The quantitative estimate of drug-likeness (QED) is 0.257. The van der Waals surface area contributed by atoms with Crippen molar-refractivity contribution in [2.45, 2.75) is 0 Å². The van der Waals surface area contributed by atoms with Gasteiger partial charge in [0.2, 0.25) is 0 Å². The molecule has 5 rings (SSSR count). The normalized spacial score (nSPS) is 10.5. The number of fused-ring (bicyclic) bond motifs is 1. The first-order valence-corrected chi connectivity index (χ1v) is 9.51. The van der Waals surface area contributed by atoms with Crippen LogP contribution >= 0.6 is 0 Å². The van der Waals surface area contributed by atoms with Crippen molar-refractivity contribution in [1.29, 1.82) is 0 Å². The summed E-state index contributed by atoms with van der Waals surface area (Å²) in [7, 11) is 0. The summed E-state index contributed by atoms with van der Waals surface area (Å²) in [4.78, 5) is 5.11. The maximum absolute atomic E-state index is 5.11. The van der Waals surface area contributed by atoms with Crippen LogP contribution in [0, 0.1) is 0 Å². The third-order valence-electron chi connectivity index (χ3n) is 5.06. The second-order valence-electron chi connectivity index (χ2n) is 6.83. The average Bonchev–Trinajstić information content (AvgIpc) is 2.79. The number of hydrogen-bond donors (Lipinski definition) is 0. The van der Waals surface area contributed by atoms with Crippen molar-refractivity contribution in [1.82, 2.24) is 4.98 Å². The molecule has 2 heteroatoms. The summed E-state index contributed by atoms with van der Waals surface area (Å²) < 4.78 is 0. The molecule has 0 atom stereocenters. The smallest absolute Gasteiger partial charge is 0.0794 e. The van der Waals surface area contributed by atoms with E-state index < -0.39 is 0 Å². The van der Waals surface area contributed by atoms with E-state index in [1.807, 2.05) is 6.07 Å². The van der Waals surface area contributed by atoms with Crippen molar-refractivity contribution >= 4 is 10.9 Å². The van der Waals surface area contributed by atoms with Crippen molar-refractivity contribution in [2.75, 3.05) is 0 Å². The van der Waals surface area contributed by atoms with Crippen LogP contribution in [0.5, 0.6) is 0 Å². The minimum atomic E-state index is 0. The summed E-state index contributed by atoms with van der Waals surface area (Å²) in [6.45, 7) is 0. The topological polar surface area (TPSA) is 12.9 Å². The Morgan fingerprint density at radius 2 is 0.862 bits per heavy atom. The van der Waals surface area contributed by atoms with E-state index in [2.05, 4.69) is 109 Å². The molecular weight excluding hydrogens is 445 g/mol. The average molecular weight is 464 g/mol. The van der Waals surface area contributed by atoms with E-state index in [0.717, 1.165) is 16.8 Å². The van der Waals surface area contributed by atoms with Gasteiger partial charge in [-0.2, -0.15) is 0 Å². The van der Waals surface area contributed by atoms with E-state index in [1.165, 1.54) is 27.6 Å². The summed E-state index contributed by atoms with van der Waals surface area (Å²) in [6.07, 6.45) is 0. The third kappa shape index (κ3) is 3.66. The van der Waals surface area contributed by atoms with Gasteiger partial charge in [-0.3, -0.25) is 0 Å². The van der Waals surface area contributed by atoms with E-state index in [0.29, 0.717) is 0 Å². The van der Waals surface area contributed by atoms with Gasteiger partial charge in [0, 0.05) is 42.5 Å². The van der Waals surface area contributed by atoms with Gasteiger partial charge in [0.25, 0.3) is 0 Å². The molecule has 0 radical (unpaired) electrons. The predicted octanol–water partition coefficient (Wildman–Crippen LogP) is 7.23. The van der Waals surface area contributed by atoms with Crippen LogP contribution in [0.4, 0.5) is 0 Å². The molecule has 1 heterocycles. The first-order chi connectivity index (χ1) is 13.9. The van der Waals surface area contributed by atoms with Gasteiger partial charge in [0.1, 0.15) is 0 Å². The fourth-order valence-corrected chi connectivity index (χ4v) is 3.81. The van der Waals surface area contributed by atoms with Gasteiger partial charge < -0.3 is 0 Å².